The van der Waals surface area contributed by atoms with Crippen LogP contribution in [0.1, 0.15) is 0 Å². The number of nitrogens with zero attached hydrogens (tertiary/aromatic N) is 2. The van der Waals surface area contributed by atoms with Gasteiger partial charge in [-0.15, -0.1) is 0 Å². The van der Waals surface area contributed by atoms with Crippen LogP contribution in [0.4, 0.5) is 11.6 Å². The number of methoxy groups -OCH3 is 2. The molecular formula is C13H14BrN3O4S. The van der Waals surface area contributed by atoms with Gasteiger partial charge in [0.15, 0.2) is 9.84 Å². The fourth-order valence-electron chi connectivity index (χ4n) is 1.66. The van der Waals surface area contributed by atoms with E-state index in [2.05, 4.69) is 31.2 Å². The molecule has 0 spiro atoms. The van der Waals surface area contributed by atoms with Gasteiger partial charge in [-0.1, -0.05) is 0 Å². The molecule has 1 heterocycles. The zero-order valence-electron chi connectivity index (χ0n) is 12.1. The number of rotatable bonds is 5. The smallest absolute Gasteiger partial charge is 0.232 e. The molecule has 1 aromatic heterocycles. The molecule has 0 fully saturated rings. The molecule has 0 saturated heterocycles. The molecule has 1 N–H and O–H groups in total. The van der Waals surface area contributed by atoms with Crippen molar-refractivity contribution in [3.8, 4) is 11.6 Å². The van der Waals surface area contributed by atoms with Crippen LogP contribution in [0.3, 0.4) is 0 Å². The van der Waals surface area contributed by atoms with Crippen LogP contribution in [-0.2, 0) is 9.84 Å². The fourth-order valence-corrected chi connectivity index (χ4v) is 2.68. The van der Waals surface area contributed by atoms with Crippen molar-refractivity contribution in [2.75, 3.05) is 25.8 Å². The third kappa shape index (κ3) is 3.86. The maximum absolute atomic E-state index is 11.7. The standard InChI is InChI=1S/C13H14BrN3O4S/c1-20-9-4-8(5-10(6-9)22(3,18)19)16-13-15-7-11(14)12(17-13)21-2/h4-7H,1-3H3,(H,15,16,17). The van der Waals surface area contributed by atoms with E-state index < -0.39 is 9.84 Å². The summed E-state index contributed by atoms with van der Waals surface area (Å²) in [5, 5.41) is 2.93. The zero-order valence-corrected chi connectivity index (χ0v) is 14.5. The molecule has 0 saturated carbocycles. The van der Waals surface area contributed by atoms with Crippen molar-refractivity contribution in [3.63, 3.8) is 0 Å². The summed E-state index contributed by atoms with van der Waals surface area (Å²) in [5.74, 6) is 1.05. The summed E-state index contributed by atoms with van der Waals surface area (Å²) < 4.78 is 34.2. The first-order chi connectivity index (χ1) is 10.3. The first-order valence-electron chi connectivity index (χ1n) is 6.06. The molecule has 7 nitrogen and oxygen atoms in total. The number of sulfone groups is 1. The normalized spacial score (nSPS) is 11.1. The van der Waals surface area contributed by atoms with Crippen LogP contribution in [0.15, 0.2) is 33.8 Å². The lowest BCUT2D eigenvalue weighted by Gasteiger charge is -2.10. The second-order valence-corrected chi connectivity index (χ2v) is 7.22. The number of hydrogen-bond donors (Lipinski definition) is 1. The number of ether oxygens (including phenoxy) is 2. The minimum Gasteiger partial charge on any atom is -0.497 e. The Labute approximate surface area is 136 Å². The van der Waals surface area contributed by atoms with Gasteiger partial charge in [-0.25, -0.2) is 13.4 Å². The molecule has 0 bridgehead atoms. The van der Waals surface area contributed by atoms with Crippen LogP contribution < -0.4 is 14.8 Å². The first kappa shape index (κ1) is 16.5. The van der Waals surface area contributed by atoms with Crippen molar-refractivity contribution in [3.05, 3.63) is 28.9 Å². The van der Waals surface area contributed by atoms with Crippen LogP contribution in [-0.4, -0.2) is 38.9 Å². The van der Waals surface area contributed by atoms with Gasteiger partial charge in [0.1, 0.15) is 5.75 Å². The largest absolute Gasteiger partial charge is 0.497 e. The SMILES string of the molecule is COc1cc(Nc2ncc(Br)c(OC)n2)cc(S(C)(=O)=O)c1. The molecule has 0 aliphatic carbocycles. The third-order valence-electron chi connectivity index (χ3n) is 2.71. The number of nitrogens with one attached hydrogen (secondary N) is 1. The van der Waals surface area contributed by atoms with Gasteiger partial charge in [0.25, 0.3) is 0 Å². The van der Waals surface area contributed by atoms with Crippen LogP contribution in [0, 0.1) is 0 Å². The van der Waals surface area contributed by atoms with Gasteiger partial charge < -0.3 is 14.8 Å². The Kier molecular flexibility index (Phi) is 4.87. The average Bonchev–Trinajstić information content (AvgIpc) is 2.48. The van der Waals surface area contributed by atoms with Gasteiger partial charge in [0, 0.05) is 18.0 Å². The van der Waals surface area contributed by atoms with Crippen molar-refractivity contribution < 1.29 is 17.9 Å². The third-order valence-corrected chi connectivity index (χ3v) is 4.34. The summed E-state index contributed by atoms with van der Waals surface area (Å²) in [7, 11) is -0.410. The predicted octanol–water partition coefficient (Wildman–Crippen LogP) is 2.40. The molecule has 0 amide bonds. The lowest BCUT2D eigenvalue weighted by molar-refractivity contribution is 0.394. The highest BCUT2D eigenvalue weighted by atomic mass is 79.9. The molecule has 0 aliphatic rings. The molecule has 0 radical (unpaired) electrons. The molecular weight excluding hydrogens is 374 g/mol. The Balaban J connectivity index is 2.41. The minimum atomic E-state index is -3.36. The van der Waals surface area contributed by atoms with Gasteiger partial charge >= 0.3 is 0 Å². The molecule has 0 atom stereocenters. The highest BCUT2D eigenvalue weighted by Gasteiger charge is 2.12. The first-order valence-corrected chi connectivity index (χ1v) is 8.74. The second-order valence-electron chi connectivity index (χ2n) is 4.35. The minimum absolute atomic E-state index is 0.137. The molecule has 22 heavy (non-hydrogen) atoms. The van der Waals surface area contributed by atoms with Crippen LogP contribution in [0.25, 0.3) is 0 Å². The lowest BCUT2D eigenvalue weighted by Crippen LogP contribution is -2.02. The lowest BCUT2D eigenvalue weighted by atomic mass is 10.3. The molecule has 2 aromatic rings. The summed E-state index contributed by atoms with van der Waals surface area (Å²) in [5.41, 5.74) is 0.490. The summed E-state index contributed by atoms with van der Waals surface area (Å²) in [6.07, 6.45) is 2.66. The molecule has 2 rings (SSSR count). The summed E-state index contributed by atoms with van der Waals surface area (Å²) >= 11 is 3.26. The van der Waals surface area contributed by atoms with Crippen molar-refractivity contribution in [2.24, 2.45) is 0 Å². The van der Waals surface area contributed by atoms with Crippen LogP contribution in [0.2, 0.25) is 0 Å². The topological polar surface area (TPSA) is 90.4 Å². The Morgan fingerprint density at radius 3 is 2.50 bits per heavy atom. The number of halogens is 1. The van der Waals surface area contributed by atoms with E-state index in [0.29, 0.717) is 21.8 Å². The Bertz CT molecular complexity index is 796. The van der Waals surface area contributed by atoms with Crippen molar-refractivity contribution in [2.45, 2.75) is 4.90 Å². The fraction of sp³-hybridized carbons (Fsp3) is 0.231. The highest BCUT2D eigenvalue weighted by Crippen LogP contribution is 2.27. The number of hydrogen-bond acceptors (Lipinski definition) is 7. The predicted molar refractivity (Wildman–Crippen MR) is 85.7 cm³/mol. The number of benzene rings is 1. The summed E-state index contributed by atoms with van der Waals surface area (Å²) in [6.45, 7) is 0. The average molecular weight is 388 g/mol. The van der Waals surface area contributed by atoms with E-state index in [4.69, 9.17) is 9.47 Å². The quantitative estimate of drug-likeness (QED) is 0.841. The number of aromatic nitrogens is 2. The van der Waals surface area contributed by atoms with Crippen LogP contribution in [0.5, 0.6) is 11.6 Å². The number of anilines is 2. The Hall–Kier alpha value is -1.87. The van der Waals surface area contributed by atoms with E-state index in [1.807, 2.05) is 0 Å². The zero-order chi connectivity index (χ0) is 16.3. The van der Waals surface area contributed by atoms with Crippen LogP contribution >= 0.6 is 15.9 Å². The van der Waals surface area contributed by atoms with E-state index in [9.17, 15) is 8.42 Å². The summed E-state index contributed by atoms with van der Waals surface area (Å²) in [4.78, 5) is 8.38. The molecule has 118 valence electrons. The maximum Gasteiger partial charge on any atom is 0.232 e. The highest BCUT2D eigenvalue weighted by molar-refractivity contribution is 9.10. The van der Waals surface area contributed by atoms with Crippen molar-refractivity contribution >= 4 is 37.4 Å². The van der Waals surface area contributed by atoms with Gasteiger partial charge in [0.05, 0.1) is 29.8 Å². The summed E-state index contributed by atoms with van der Waals surface area (Å²) in [6, 6.07) is 4.58. The van der Waals surface area contributed by atoms with Crippen molar-refractivity contribution in [1.29, 1.82) is 0 Å². The van der Waals surface area contributed by atoms with Gasteiger partial charge in [-0.2, -0.15) is 4.98 Å². The molecule has 1 aromatic carbocycles. The Morgan fingerprint density at radius 2 is 1.91 bits per heavy atom. The Morgan fingerprint density at radius 1 is 1.18 bits per heavy atom. The van der Waals surface area contributed by atoms with E-state index in [1.54, 1.807) is 6.07 Å². The second kappa shape index (κ2) is 6.49. The van der Waals surface area contributed by atoms with Gasteiger partial charge in [0.2, 0.25) is 11.8 Å². The van der Waals surface area contributed by atoms with Crippen molar-refractivity contribution in [1.82, 2.24) is 9.97 Å². The monoisotopic (exact) mass is 387 g/mol. The van der Waals surface area contributed by atoms with Gasteiger partial charge in [-0.3, -0.25) is 0 Å². The molecule has 0 aliphatic heterocycles. The molecule has 0 unspecified atom stereocenters. The van der Waals surface area contributed by atoms with E-state index in [-0.39, 0.29) is 10.8 Å². The van der Waals surface area contributed by atoms with Gasteiger partial charge in [-0.05, 0) is 28.1 Å². The van der Waals surface area contributed by atoms with E-state index in [0.717, 1.165) is 6.26 Å². The van der Waals surface area contributed by atoms with E-state index in [1.165, 1.54) is 32.5 Å². The maximum atomic E-state index is 11.7. The molecule has 9 heteroatoms. The van der Waals surface area contributed by atoms with E-state index >= 15 is 0 Å².